The van der Waals surface area contributed by atoms with Crippen molar-refractivity contribution in [1.29, 1.82) is 0 Å². The number of cyclic esters (lactones) is 1. The van der Waals surface area contributed by atoms with Crippen molar-refractivity contribution < 1.29 is 19.0 Å². The standard InChI is InChI=1S/C25H28O4/c1-25(2)28-22-17-20(15-13-18-9-5-3-6-10-18)27-21(23(22)24(26)29-25)16-14-19-11-7-4-8-12-19/h3-12,20-21H,13-17H2,1-2H3. The molecule has 0 N–H and O–H groups in total. The Morgan fingerprint density at radius 3 is 2.07 bits per heavy atom. The van der Waals surface area contributed by atoms with Gasteiger partial charge in [-0.3, -0.25) is 0 Å². The van der Waals surface area contributed by atoms with Gasteiger partial charge in [-0.2, -0.15) is 0 Å². The molecule has 0 radical (unpaired) electrons. The van der Waals surface area contributed by atoms with Crippen molar-refractivity contribution in [3.63, 3.8) is 0 Å². The summed E-state index contributed by atoms with van der Waals surface area (Å²) in [5.41, 5.74) is 3.09. The number of benzene rings is 2. The van der Waals surface area contributed by atoms with E-state index in [4.69, 9.17) is 14.2 Å². The molecular formula is C25H28O4. The van der Waals surface area contributed by atoms with E-state index in [2.05, 4.69) is 36.4 Å². The third-order valence-corrected chi connectivity index (χ3v) is 5.46. The summed E-state index contributed by atoms with van der Waals surface area (Å²) in [6.45, 7) is 3.56. The molecular weight excluding hydrogens is 364 g/mol. The molecule has 0 saturated heterocycles. The minimum Gasteiger partial charge on any atom is -0.456 e. The maximum atomic E-state index is 12.7. The van der Waals surface area contributed by atoms with Crippen molar-refractivity contribution in [3.8, 4) is 0 Å². The molecule has 2 aromatic carbocycles. The summed E-state index contributed by atoms with van der Waals surface area (Å²) in [5.74, 6) is -0.495. The molecule has 2 aliphatic rings. The molecule has 2 aromatic rings. The molecule has 0 saturated carbocycles. The average molecular weight is 392 g/mol. The van der Waals surface area contributed by atoms with Crippen LogP contribution in [-0.2, 0) is 31.8 Å². The topological polar surface area (TPSA) is 44.8 Å². The van der Waals surface area contributed by atoms with Gasteiger partial charge in [0.15, 0.2) is 0 Å². The van der Waals surface area contributed by atoms with Gasteiger partial charge < -0.3 is 14.2 Å². The molecule has 29 heavy (non-hydrogen) atoms. The number of esters is 1. The fourth-order valence-corrected chi connectivity index (χ4v) is 4.08. The Balaban J connectivity index is 1.51. The van der Waals surface area contributed by atoms with Crippen molar-refractivity contribution >= 4 is 5.97 Å². The Bertz CT molecular complexity index is 870. The zero-order chi connectivity index (χ0) is 20.3. The van der Waals surface area contributed by atoms with E-state index >= 15 is 0 Å². The Morgan fingerprint density at radius 2 is 1.45 bits per heavy atom. The van der Waals surface area contributed by atoms with Crippen LogP contribution in [0.3, 0.4) is 0 Å². The highest BCUT2D eigenvalue weighted by Gasteiger charge is 2.43. The maximum absolute atomic E-state index is 12.7. The second kappa shape index (κ2) is 8.42. The van der Waals surface area contributed by atoms with E-state index in [-0.39, 0.29) is 18.2 Å². The van der Waals surface area contributed by atoms with Gasteiger partial charge in [-0.25, -0.2) is 4.79 Å². The number of ether oxygens (including phenoxy) is 3. The second-order valence-electron chi connectivity index (χ2n) is 8.23. The third kappa shape index (κ3) is 4.88. The molecule has 0 aromatic heterocycles. The molecule has 4 nitrogen and oxygen atoms in total. The number of carbonyl (C=O) groups excluding carboxylic acids is 1. The van der Waals surface area contributed by atoms with Gasteiger partial charge in [0.1, 0.15) is 11.3 Å². The Labute approximate surface area is 172 Å². The summed E-state index contributed by atoms with van der Waals surface area (Å²) >= 11 is 0. The lowest BCUT2D eigenvalue weighted by Gasteiger charge is -2.40. The molecule has 0 bridgehead atoms. The maximum Gasteiger partial charge on any atom is 0.343 e. The van der Waals surface area contributed by atoms with E-state index in [9.17, 15) is 4.79 Å². The van der Waals surface area contributed by atoms with Crippen LogP contribution in [0.4, 0.5) is 0 Å². The van der Waals surface area contributed by atoms with E-state index in [0.717, 1.165) is 31.4 Å². The zero-order valence-electron chi connectivity index (χ0n) is 17.1. The van der Waals surface area contributed by atoms with Crippen LogP contribution >= 0.6 is 0 Å². The highest BCUT2D eigenvalue weighted by molar-refractivity contribution is 5.91. The van der Waals surface area contributed by atoms with Crippen molar-refractivity contribution in [1.82, 2.24) is 0 Å². The van der Waals surface area contributed by atoms with Crippen LogP contribution in [0.15, 0.2) is 72.0 Å². The number of rotatable bonds is 6. The van der Waals surface area contributed by atoms with E-state index in [0.29, 0.717) is 12.0 Å². The molecule has 4 heteroatoms. The first kappa shape index (κ1) is 19.7. The molecule has 2 aliphatic heterocycles. The van der Waals surface area contributed by atoms with Crippen molar-refractivity contribution in [3.05, 3.63) is 83.1 Å². The number of hydrogen-bond donors (Lipinski definition) is 0. The smallest absolute Gasteiger partial charge is 0.343 e. The van der Waals surface area contributed by atoms with E-state index in [1.54, 1.807) is 13.8 Å². The van der Waals surface area contributed by atoms with Crippen LogP contribution < -0.4 is 0 Å². The normalized spacial score (nSPS) is 23.2. The SMILES string of the molecule is CC1(C)OC(=O)C2=C(CC(CCc3ccccc3)OC2CCc2ccccc2)O1. The van der Waals surface area contributed by atoms with Crippen molar-refractivity contribution in [2.45, 2.75) is 63.9 Å². The molecule has 0 fully saturated rings. The molecule has 0 amide bonds. The van der Waals surface area contributed by atoms with Gasteiger partial charge in [0.2, 0.25) is 5.79 Å². The van der Waals surface area contributed by atoms with Gasteiger partial charge >= 0.3 is 5.97 Å². The first-order chi connectivity index (χ1) is 14.0. The molecule has 4 rings (SSSR count). The lowest BCUT2D eigenvalue weighted by Crippen LogP contribution is -2.44. The summed E-state index contributed by atoms with van der Waals surface area (Å²) in [7, 11) is 0. The first-order valence-electron chi connectivity index (χ1n) is 10.4. The Morgan fingerprint density at radius 1 is 0.862 bits per heavy atom. The summed E-state index contributed by atoms with van der Waals surface area (Å²) in [5, 5.41) is 0. The molecule has 2 atom stereocenters. The van der Waals surface area contributed by atoms with Gasteiger partial charge in [0, 0.05) is 20.3 Å². The number of hydrogen-bond acceptors (Lipinski definition) is 4. The Kier molecular flexibility index (Phi) is 5.72. The van der Waals surface area contributed by atoms with Crippen LogP contribution in [0, 0.1) is 0 Å². The summed E-state index contributed by atoms with van der Waals surface area (Å²) in [4.78, 5) is 12.7. The van der Waals surface area contributed by atoms with E-state index < -0.39 is 5.79 Å². The predicted molar refractivity (Wildman–Crippen MR) is 111 cm³/mol. The average Bonchev–Trinajstić information content (AvgIpc) is 2.71. The molecule has 152 valence electrons. The summed E-state index contributed by atoms with van der Waals surface area (Å²) in [6.07, 6.45) is 3.73. The first-order valence-corrected chi connectivity index (χ1v) is 10.4. The van der Waals surface area contributed by atoms with E-state index in [1.165, 1.54) is 11.1 Å². The monoisotopic (exact) mass is 392 g/mol. The van der Waals surface area contributed by atoms with Gasteiger partial charge in [0.25, 0.3) is 0 Å². The highest BCUT2D eigenvalue weighted by atomic mass is 16.7. The fraction of sp³-hybridized carbons (Fsp3) is 0.400. The summed E-state index contributed by atoms with van der Waals surface area (Å²) < 4.78 is 18.0. The predicted octanol–water partition coefficient (Wildman–Crippen LogP) is 4.97. The zero-order valence-corrected chi connectivity index (χ0v) is 17.1. The molecule has 2 heterocycles. The van der Waals surface area contributed by atoms with Crippen LogP contribution in [0.2, 0.25) is 0 Å². The largest absolute Gasteiger partial charge is 0.456 e. The minimum absolute atomic E-state index is 0.0245. The minimum atomic E-state index is -0.929. The molecule has 0 aliphatic carbocycles. The van der Waals surface area contributed by atoms with Gasteiger partial charge in [-0.15, -0.1) is 0 Å². The lowest BCUT2D eigenvalue weighted by atomic mass is 9.92. The van der Waals surface area contributed by atoms with Crippen molar-refractivity contribution in [2.75, 3.05) is 0 Å². The van der Waals surface area contributed by atoms with Crippen LogP contribution in [0.1, 0.15) is 44.2 Å². The summed E-state index contributed by atoms with van der Waals surface area (Å²) in [6, 6.07) is 20.7. The number of carbonyl (C=O) groups is 1. The van der Waals surface area contributed by atoms with Crippen LogP contribution in [0.25, 0.3) is 0 Å². The fourth-order valence-electron chi connectivity index (χ4n) is 4.08. The van der Waals surface area contributed by atoms with Gasteiger partial charge in [-0.1, -0.05) is 60.7 Å². The van der Waals surface area contributed by atoms with Gasteiger partial charge in [-0.05, 0) is 36.8 Å². The molecule has 2 unspecified atom stereocenters. The second-order valence-corrected chi connectivity index (χ2v) is 8.23. The quantitative estimate of drug-likeness (QED) is 0.651. The van der Waals surface area contributed by atoms with Crippen LogP contribution in [-0.4, -0.2) is 24.0 Å². The van der Waals surface area contributed by atoms with E-state index in [1.807, 2.05) is 24.3 Å². The van der Waals surface area contributed by atoms with Crippen LogP contribution in [0.5, 0.6) is 0 Å². The Hall–Kier alpha value is -2.59. The third-order valence-electron chi connectivity index (χ3n) is 5.46. The van der Waals surface area contributed by atoms with Crippen molar-refractivity contribution in [2.24, 2.45) is 0 Å². The number of aryl methyl sites for hydroxylation is 2. The molecule has 0 spiro atoms. The lowest BCUT2D eigenvalue weighted by molar-refractivity contribution is -0.217. The van der Waals surface area contributed by atoms with Gasteiger partial charge in [0.05, 0.1) is 12.2 Å². The highest BCUT2D eigenvalue weighted by Crippen LogP contribution is 2.38.